The zero-order valence-corrected chi connectivity index (χ0v) is 17.2. The number of amides is 2. The van der Waals surface area contributed by atoms with Gasteiger partial charge in [-0.2, -0.15) is 0 Å². The largest absolute Gasteiger partial charge is 0.381 e. The smallest absolute Gasteiger partial charge is 0.325 e. The molecule has 1 aromatic carbocycles. The lowest BCUT2D eigenvalue weighted by Gasteiger charge is -2.42. The summed E-state index contributed by atoms with van der Waals surface area (Å²) in [6.45, 7) is 7.24. The highest BCUT2D eigenvalue weighted by Crippen LogP contribution is 2.38. The average molecular weight is 400 g/mol. The Bertz CT molecular complexity index is 706. The molecular formula is C22H33N5O2. The number of rotatable bonds is 4. The number of piperidine rings is 1. The molecule has 1 spiro atoms. The van der Waals surface area contributed by atoms with Gasteiger partial charge in [0, 0.05) is 44.5 Å². The number of carbonyl (C=O) groups excluding carboxylic acids is 1. The van der Waals surface area contributed by atoms with Crippen LogP contribution < -0.4 is 21.1 Å². The minimum absolute atomic E-state index is 0.0292. The third-order valence-electron chi connectivity index (χ3n) is 7.30. The third kappa shape index (κ3) is 3.77. The summed E-state index contributed by atoms with van der Waals surface area (Å²) in [6, 6.07) is 8.85. The Morgan fingerprint density at radius 1 is 1.03 bits per heavy atom. The molecule has 0 atom stereocenters. The van der Waals surface area contributed by atoms with E-state index in [-0.39, 0.29) is 11.6 Å². The molecule has 4 aliphatic rings. The average Bonchev–Trinajstić information content (AvgIpc) is 3.39. The van der Waals surface area contributed by atoms with Crippen LogP contribution in [-0.2, 0) is 4.74 Å². The molecule has 3 N–H and O–H groups in total. The minimum Gasteiger partial charge on any atom is -0.381 e. The summed E-state index contributed by atoms with van der Waals surface area (Å²) in [6.07, 6.45) is 4.21. The van der Waals surface area contributed by atoms with Crippen LogP contribution in [0, 0.1) is 5.92 Å². The standard InChI is InChI=1S/C22H33N5O2/c28-21-26(20-3-1-18(2-4-20)19-13-24-25-14-19)16-22(7-9-23-10-8-22)27(21)15-17-5-11-29-12-6-17/h1-4,17,19,23-25H,5-16H2. The quantitative estimate of drug-likeness (QED) is 0.719. The zero-order chi connectivity index (χ0) is 19.7. The first kappa shape index (κ1) is 19.3. The molecule has 7 nitrogen and oxygen atoms in total. The number of hydrogen-bond acceptors (Lipinski definition) is 5. The van der Waals surface area contributed by atoms with Crippen LogP contribution in [0.5, 0.6) is 0 Å². The van der Waals surface area contributed by atoms with Gasteiger partial charge in [-0.25, -0.2) is 4.79 Å². The van der Waals surface area contributed by atoms with E-state index in [4.69, 9.17) is 4.74 Å². The fourth-order valence-electron chi connectivity index (χ4n) is 5.40. The molecule has 0 bridgehead atoms. The van der Waals surface area contributed by atoms with Crippen LogP contribution in [0.25, 0.3) is 0 Å². The lowest BCUT2D eigenvalue weighted by Crippen LogP contribution is -2.55. The molecule has 5 rings (SSSR count). The van der Waals surface area contributed by atoms with Crippen molar-refractivity contribution in [2.45, 2.75) is 37.1 Å². The Morgan fingerprint density at radius 3 is 2.41 bits per heavy atom. The highest BCUT2D eigenvalue weighted by Gasteiger charge is 2.50. The molecule has 29 heavy (non-hydrogen) atoms. The van der Waals surface area contributed by atoms with E-state index in [1.54, 1.807) is 0 Å². The van der Waals surface area contributed by atoms with Crippen molar-refractivity contribution in [2.75, 3.05) is 57.4 Å². The summed E-state index contributed by atoms with van der Waals surface area (Å²) in [5, 5.41) is 3.48. The Balaban J connectivity index is 1.36. The van der Waals surface area contributed by atoms with E-state index in [9.17, 15) is 4.79 Å². The SMILES string of the molecule is O=C1N(c2ccc(C3CNNC3)cc2)CC2(CCNCC2)N1CC1CCOCC1. The Kier molecular flexibility index (Phi) is 5.47. The number of nitrogens with zero attached hydrogens (tertiary/aromatic N) is 2. The van der Waals surface area contributed by atoms with Crippen molar-refractivity contribution in [3.8, 4) is 0 Å². The fourth-order valence-corrected chi connectivity index (χ4v) is 5.40. The summed E-state index contributed by atoms with van der Waals surface area (Å²) in [4.78, 5) is 17.8. The maximum atomic E-state index is 13.6. The minimum atomic E-state index is -0.0292. The number of urea groups is 1. The normalized spacial score (nSPS) is 26.0. The van der Waals surface area contributed by atoms with Crippen LogP contribution in [0.2, 0.25) is 0 Å². The van der Waals surface area contributed by atoms with Crippen molar-refractivity contribution in [3.63, 3.8) is 0 Å². The Labute approximate surface area is 173 Å². The van der Waals surface area contributed by atoms with Gasteiger partial charge in [0.15, 0.2) is 0 Å². The van der Waals surface area contributed by atoms with Gasteiger partial charge in [-0.3, -0.25) is 15.8 Å². The highest BCUT2D eigenvalue weighted by molar-refractivity contribution is 5.95. The molecule has 0 saturated carbocycles. The van der Waals surface area contributed by atoms with Crippen molar-refractivity contribution in [1.82, 2.24) is 21.1 Å². The summed E-state index contributed by atoms with van der Waals surface area (Å²) in [7, 11) is 0. The molecule has 0 aromatic heterocycles. The van der Waals surface area contributed by atoms with Crippen LogP contribution in [-0.4, -0.2) is 69.0 Å². The topological polar surface area (TPSA) is 68.9 Å². The first-order chi connectivity index (χ1) is 14.3. The van der Waals surface area contributed by atoms with Gasteiger partial charge >= 0.3 is 6.03 Å². The monoisotopic (exact) mass is 399 g/mol. The van der Waals surface area contributed by atoms with E-state index in [0.29, 0.717) is 11.8 Å². The van der Waals surface area contributed by atoms with Gasteiger partial charge in [0.2, 0.25) is 0 Å². The van der Waals surface area contributed by atoms with Crippen LogP contribution in [0.3, 0.4) is 0 Å². The number of nitrogens with one attached hydrogen (secondary N) is 3. The Morgan fingerprint density at radius 2 is 1.72 bits per heavy atom. The molecule has 0 radical (unpaired) electrons. The predicted octanol–water partition coefficient (Wildman–Crippen LogP) is 1.67. The van der Waals surface area contributed by atoms with Gasteiger partial charge in [0.05, 0.1) is 12.1 Å². The second-order valence-corrected chi connectivity index (χ2v) is 9.06. The third-order valence-corrected chi connectivity index (χ3v) is 7.30. The predicted molar refractivity (Wildman–Crippen MR) is 113 cm³/mol. The molecule has 4 heterocycles. The van der Waals surface area contributed by atoms with Crippen LogP contribution in [0.1, 0.15) is 37.2 Å². The van der Waals surface area contributed by atoms with Crippen LogP contribution in [0.15, 0.2) is 24.3 Å². The Hall–Kier alpha value is -1.67. The number of ether oxygens (including phenoxy) is 1. The lowest BCUT2D eigenvalue weighted by atomic mass is 9.86. The summed E-state index contributed by atoms with van der Waals surface area (Å²) in [5.74, 6) is 1.06. The first-order valence-electron chi connectivity index (χ1n) is 11.2. The summed E-state index contributed by atoms with van der Waals surface area (Å²) in [5.41, 5.74) is 8.72. The van der Waals surface area contributed by atoms with Gasteiger partial charge in [0.25, 0.3) is 0 Å². The number of hydrogen-bond donors (Lipinski definition) is 3. The number of carbonyl (C=O) groups is 1. The van der Waals surface area contributed by atoms with E-state index < -0.39 is 0 Å². The van der Waals surface area contributed by atoms with E-state index >= 15 is 0 Å². The van der Waals surface area contributed by atoms with Crippen molar-refractivity contribution in [3.05, 3.63) is 29.8 Å². The van der Waals surface area contributed by atoms with Crippen LogP contribution >= 0.6 is 0 Å². The number of anilines is 1. The molecule has 0 unspecified atom stereocenters. The van der Waals surface area contributed by atoms with Gasteiger partial charge in [-0.05, 0) is 62.4 Å². The molecule has 4 saturated heterocycles. The molecule has 2 amide bonds. The van der Waals surface area contributed by atoms with E-state index in [1.165, 1.54) is 5.56 Å². The van der Waals surface area contributed by atoms with Gasteiger partial charge in [-0.1, -0.05) is 12.1 Å². The zero-order valence-electron chi connectivity index (χ0n) is 17.2. The van der Waals surface area contributed by atoms with Crippen LogP contribution in [0.4, 0.5) is 10.5 Å². The van der Waals surface area contributed by atoms with Crippen molar-refractivity contribution in [1.29, 1.82) is 0 Å². The molecule has 4 aliphatic heterocycles. The molecule has 7 heteroatoms. The van der Waals surface area contributed by atoms with E-state index in [0.717, 1.165) is 83.9 Å². The second kappa shape index (κ2) is 8.22. The van der Waals surface area contributed by atoms with E-state index in [1.807, 2.05) is 4.90 Å². The number of benzene rings is 1. The van der Waals surface area contributed by atoms with Crippen molar-refractivity contribution < 1.29 is 9.53 Å². The van der Waals surface area contributed by atoms with Gasteiger partial charge < -0.3 is 15.0 Å². The maximum Gasteiger partial charge on any atom is 0.325 e. The molecule has 0 aliphatic carbocycles. The number of hydrazine groups is 1. The summed E-state index contributed by atoms with van der Waals surface area (Å²) >= 11 is 0. The first-order valence-corrected chi connectivity index (χ1v) is 11.2. The molecule has 1 aromatic rings. The van der Waals surface area contributed by atoms with Gasteiger partial charge in [0.1, 0.15) is 0 Å². The van der Waals surface area contributed by atoms with Crippen molar-refractivity contribution in [2.24, 2.45) is 5.92 Å². The van der Waals surface area contributed by atoms with Crippen molar-refractivity contribution >= 4 is 11.7 Å². The van der Waals surface area contributed by atoms with Gasteiger partial charge in [-0.15, -0.1) is 0 Å². The molecule has 158 valence electrons. The lowest BCUT2D eigenvalue weighted by molar-refractivity contribution is 0.0406. The second-order valence-electron chi connectivity index (χ2n) is 9.06. The fraction of sp³-hybridized carbons (Fsp3) is 0.682. The summed E-state index contributed by atoms with van der Waals surface area (Å²) < 4.78 is 5.54. The highest BCUT2D eigenvalue weighted by atomic mass is 16.5. The molecule has 4 fully saturated rings. The molecular weight excluding hydrogens is 366 g/mol. The van der Waals surface area contributed by atoms with E-state index in [2.05, 4.69) is 45.3 Å². The maximum absolute atomic E-state index is 13.6.